The van der Waals surface area contributed by atoms with Gasteiger partial charge in [-0.3, -0.25) is 0 Å². The van der Waals surface area contributed by atoms with Gasteiger partial charge in [-0.2, -0.15) is 17.0 Å². The summed E-state index contributed by atoms with van der Waals surface area (Å²) in [6, 6.07) is 0. The molecule has 4 nitrogen and oxygen atoms in total. The number of nitrogens with zero attached hydrogens (tertiary/aromatic N) is 2. The molecule has 14 heavy (non-hydrogen) atoms. The third-order valence-corrected chi connectivity index (χ3v) is 4.50. The van der Waals surface area contributed by atoms with Crippen molar-refractivity contribution < 1.29 is 8.42 Å². The van der Waals surface area contributed by atoms with E-state index in [1.54, 1.807) is 18.4 Å². The van der Waals surface area contributed by atoms with Crippen LogP contribution in [-0.4, -0.2) is 44.2 Å². The quantitative estimate of drug-likeness (QED) is 0.689. The monoisotopic (exact) mass is 220 g/mol. The molecular formula is C9H20N2O2S. The van der Waals surface area contributed by atoms with Gasteiger partial charge >= 0.3 is 0 Å². The SMILES string of the molecule is C[C@H]1C[C@H](C)CN(S(=O)(=O)N(C)C)C1. The molecule has 0 bridgehead atoms. The van der Waals surface area contributed by atoms with Crippen molar-refractivity contribution in [3.8, 4) is 0 Å². The second kappa shape index (κ2) is 4.16. The van der Waals surface area contributed by atoms with Crippen LogP contribution in [0.3, 0.4) is 0 Å². The van der Waals surface area contributed by atoms with Crippen molar-refractivity contribution in [2.24, 2.45) is 11.8 Å². The van der Waals surface area contributed by atoms with Crippen LogP contribution in [-0.2, 0) is 10.2 Å². The molecule has 0 amide bonds. The van der Waals surface area contributed by atoms with E-state index in [-0.39, 0.29) is 0 Å². The van der Waals surface area contributed by atoms with E-state index in [2.05, 4.69) is 13.8 Å². The van der Waals surface area contributed by atoms with E-state index in [1.165, 1.54) is 4.31 Å². The molecule has 0 saturated carbocycles. The molecule has 1 aliphatic heterocycles. The first-order valence-corrected chi connectivity index (χ1v) is 6.41. The fourth-order valence-electron chi connectivity index (χ4n) is 2.03. The Balaban J connectivity index is 2.78. The van der Waals surface area contributed by atoms with E-state index in [0.717, 1.165) is 6.42 Å². The molecule has 1 rings (SSSR count). The maximum absolute atomic E-state index is 11.8. The maximum atomic E-state index is 11.8. The fraction of sp³-hybridized carbons (Fsp3) is 1.00. The Kier molecular flexibility index (Phi) is 3.55. The van der Waals surface area contributed by atoms with Gasteiger partial charge in [-0.15, -0.1) is 0 Å². The third-order valence-electron chi connectivity index (χ3n) is 2.62. The molecule has 2 atom stereocenters. The van der Waals surface area contributed by atoms with Crippen molar-refractivity contribution in [2.75, 3.05) is 27.2 Å². The van der Waals surface area contributed by atoms with Gasteiger partial charge in [-0.25, -0.2) is 0 Å². The molecule has 0 radical (unpaired) electrons. The molecule has 0 aromatic carbocycles. The highest BCUT2D eigenvalue weighted by Gasteiger charge is 2.31. The summed E-state index contributed by atoms with van der Waals surface area (Å²) in [6.45, 7) is 5.53. The largest absolute Gasteiger partial charge is 0.281 e. The topological polar surface area (TPSA) is 40.6 Å². The van der Waals surface area contributed by atoms with Crippen molar-refractivity contribution >= 4 is 10.2 Å². The number of hydrogen-bond donors (Lipinski definition) is 0. The molecule has 1 saturated heterocycles. The predicted molar refractivity (Wildman–Crippen MR) is 57.1 cm³/mol. The summed E-state index contributed by atoms with van der Waals surface area (Å²) in [5.41, 5.74) is 0. The van der Waals surface area contributed by atoms with Gasteiger partial charge in [-0.05, 0) is 18.3 Å². The molecule has 0 aromatic rings. The summed E-state index contributed by atoms with van der Waals surface area (Å²) in [5.74, 6) is 0.932. The van der Waals surface area contributed by atoms with Crippen molar-refractivity contribution in [1.29, 1.82) is 0 Å². The summed E-state index contributed by atoms with van der Waals surface area (Å²) in [6.07, 6.45) is 1.12. The first-order chi connectivity index (χ1) is 6.34. The molecule has 0 N–H and O–H groups in total. The zero-order valence-electron chi connectivity index (χ0n) is 9.40. The number of rotatable bonds is 2. The highest BCUT2D eigenvalue weighted by molar-refractivity contribution is 7.86. The lowest BCUT2D eigenvalue weighted by Crippen LogP contribution is -2.47. The minimum atomic E-state index is -3.20. The van der Waals surface area contributed by atoms with Crippen LogP contribution in [0.5, 0.6) is 0 Å². The van der Waals surface area contributed by atoms with Crippen LogP contribution in [0.2, 0.25) is 0 Å². The first-order valence-electron chi connectivity index (χ1n) is 5.01. The smallest absolute Gasteiger partial charge is 0.195 e. The maximum Gasteiger partial charge on any atom is 0.281 e. The van der Waals surface area contributed by atoms with Crippen LogP contribution < -0.4 is 0 Å². The van der Waals surface area contributed by atoms with E-state index in [0.29, 0.717) is 24.9 Å². The average Bonchev–Trinajstić information content (AvgIpc) is 2.01. The minimum absolute atomic E-state index is 0.466. The Morgan fingerprint density at radius 3 is 1.93 bits per heavy atom. The minimum Gasteiger partial charge on any atom is -0.195 e. The molecule has 84 valence electrons. The number of piperidine rings is 1. The highest BCUT2D eigenvalue weighted by Crippen LogP contribution is 2.23. The number of hydrogen-bond acceptors (Lipinski definition) is 2. The molecule has 1 fully saturated rings. The van der Waals surface area contributed by atoms with Crippen LogP contribution >= 0.6 is 0 Å². The van der Waals surface area contributed by atoms with Gasteiger partial charge in [0.2, 0.25) is 0 Å². The Bertz CT molecular complexity index is 277. The van der Waals surface area contributed by atoms with E-state index < -0.39 is 10.2 Å². The summed E-state index contributed by atoms with van der Waals surface area (Å²) in [4.78, 5) is 0. The predicted octanol–water partition coefficient (Wildman–Crippen LogP) is 0.771. The van der Waals surface area contributed by atoms with Crippen molar-refractivity contribution in [1.82, 2.24) is 8.61 Å². The molecule has 0 unspecified atom stereocenters. The summed E-state index contributed by atoms with van der Waals surface area (Å²) in [5, 5.41) is 0. The molecule has 1 heterocycles. The second-order valence-electron chi connectivity index (χ2n) is 4.55. The van der Waals surface area contributed by atoms with Gasteiger partial charge in [0.25, 0.3) is 10.2 Å². The Morgan fingerprint density at radius 2 is 1.57 bits per heavy atom. The highest BCUT2D eigenvalue weighted by atomic mass is 32.2. The van der Waals surface area contributed by atoms with Gasteiger partial charge in [0.05, 0.1) is 0 Å². The Labute approximate surface area is 87.1 Å². The van der Waals surface area contributed by atoms with Crippen molar-refractivity contribution in [3.05, 3.63) is 0 Å². The van der Waals surface area contributed by atoms with Gasteiger partial charge in [-0.1, -0.05) is 13.8 Å². The lowest BCUT2D eigenvalue weighted by Gasteiger charge is -2.35. The van der Waals surface area contributed by atoms with Crippen LogP contribution in [0.25, 0.3) is 0 Å². The third kappa shape index (κ3) is 2.46. The van der Waals surface area contributed by atoms with E-state index >= 15 is 0 Å². The molecular weight excluding hydrogens is 200 g/mol. The lowest BCUT2D eigenvalue weighted by atomic mass is 9.94. The molecule has 1 aliphatic rings. The standard InChI is InChI=1S/C9H20N2O2S/c1-8-5-9(2)7-11(6-8)14(12,13)10(3)4/h8-9H,5-7H2,1-4H3/t8-,9-/m0/s1. The van der Waals surface area contributed by atoms with Crippen molar-refractivity contribution in [2.45, 2.75) is 20.3 Å². The zero-order chi connectivity index (χ0) is 10.9. The fourth-order valence-corrected chi connectivity index (χ4v) is 3.37. The zero-order valence-corrected chi connectivity index (χ0v) is 10.2. The Morgan fingerprint density at radius 1 is 1.14 bits per heavy atom. The van der Waals surface area contributed by atoms with Crippen LogP contribution in [0.1, 0.15) is 20.3 Å². The first kappa shape index (κ1) is 11.9. The molecule has 0 aliphatic carbocycles. The normalized spacial score (nSPS) is 30.9. The second-order valence-corrected chi connectivity index (χ2v) is 6.70. The van der Waals surface area contributed by atoms with Gasteiger partial charge in [0, 0.05) is 27.2 Å². The van der Waals surface area contributed by atoms with Crippen LogP contribution in [0, 0.1) is 11.8 Å². The summed E-state index contributed by atoms with van der Waals surface area (Å²) >= 11 is 0. The Hall–Kier alpha value is -0.130. The van der Waals surface area contributed by atoms with E-state index in [9.17, 15) is 8.42 Å². The average molecular weight is 220 g/mol. The van der Waals surface area contributed by atoms with Gasteiger partial charge in [0.1, 0.15) is 0 Å². The molecule has 0 aromatic heterocycles. The summed E-state index contributed by atoms with van der Waals surface area (Å²) < 4.78 is 26.5. The molecule has 5 heteroatoms. The van der Waals surface area contributed by atoms with Crippen LogP contribution in [0.4, 0.5) is 0 Å². The van der Waals surface area contributed by atoms with E-state index in [1.807, 2.05) is 0 Å². The molecule has 0 spiro atoms. The van der Waals surface area contributed by atoms with Crippen molar-refractivity contribution in [3.63, 3.8) is 0 Å². The van der Waals surface area contributed by atoms with Gasteiger partial charge in [0.15, 0.2) is 0 Å². The van der Waals surface area contributed by atoms with E-state index in [4.69, 9.17) is 0 Å². The lowest BCUT2D eigenvalue weighted by molar-refractivity contribution is 0.214. The summed E-state index contributed by atoms with van der Waals surface area (Å²) in [7, 11) is -0.0339. The van der Waals surface area contributed by atoms with Crippen LogP contribution in [0.15, 0.2) is 0 Å². The van der Waals surface area contributed by atoms with Gasteiger partial charge < -0.3 is 0 Å².